The van der Waals surface area contributed by atoms with Crippen LogP contribution in [-0.2, 0) is 4.79 Å². The van der Waals surface area contributed by atoms with E-state index in [2.05, 4.69) is 61.6 Å². The zero-order chi connectivity index (χ0) is 18.6. The summed E-state index contributed by atoms with van der Waals surface area (Å²) in [6.07, 6.45) is 29.6. The SMILES string of the molecule is CCC=CCC=CCC=CCC=CCC=CCC=CCC(O)C(=O)O. The number of hydrogen-bond acceptors (Lipinski definition) is 2. The summed E-state index contributed by atoms with van der Waals surface area (Å²) in [4.78, 5) is 10.4. The molecule has 0 aliphatic heterocycles. The molecular weight excluding hydrogens is 312 g/mol. The van der Waals surface area contributed by atoms with Crippen molar-refractivity contribution in [3.8, 4) is 0 Å². The van der Waals surface area contributed by atoms with Crippen LogP contribution >= 0.6 is 0 Å². The van der Waals surface area contributed by atoms with Crippen LogP contribution in [0.4, 0.5) is 0 Å². The lowest BCUT2D eigenvalue weighted by Gasteiger charge is -1.98. The highest BCUT2D eigenvalue weighted by molar-refractivity contribution is 5.72. The minimum absolute atomic E-state index is 0.153. The number of hydrogen-bond donors (Lipinski definition) is 2. The van der Waals surface area contributed by atoms with Gasteiger partial charge in [0.25, 0.3) is 0 Å². The number of aliphatic hydroxyl groups excluding tert-OH is 1. The normalized spacial score (nSPS) is 14.3. The van der Waals surface area contributed by atoms with E-state index in [1.807, 2.05) is 12.2 Å². The summed E-state index contributed by atoms with van der Waals surface area (Å²) in [5.74, 6) is -1.18. The van der Waals surface area contributed by atoms with Gasteiger partial charge in [-0.25, -0.2) is 4.79 Å². The zero-order valence-electron chi connectivity index (χ0n) is 15.3. The Labute approximate surface area is 152 Å². The summed E-state index contributed by atoms with van der Waals surface area (Å²) in [7, 11) is 0. The van der Waals surface area contributed by atoms with Gasteiger partial charge in [0.15, 0.2) is 6.10 Å². The van der Waals surface area contributed by atoms with Crippen LogP contribution in [0.2, 0.25) is 0 Å². The topological polar surface area (TPSA) is 57.5 Å². The Morgan fingerprint density at radius 2 is 1.00 bits per heavy atom. The van der Waals surface area contributed by atoms with Crippen molar-refractivity contribution in [1.29, 1.82) is 0 Å². The number of aliphatic hydroxyl groups is 1. The summed E-state index contributed by atoms with van der Waals surface area (Å²) in [5.41, 5.74) is 0. The van der Waals surface area contributed by atoms with Crippen LogP contribution in [0.3, 0.4) is 0 Å². The zero-order valence-corrected chi connectivity index (χ0v) is 15.3. The van der Waals surface area contributed by atoms with E-state index in [0.29, 0.717) is 0 Å². The molecule has 1 atom stereocenters. The van der Waals surface area contributed by atoms with E-state index in [-0.39, 0.29) is 6.42 Å². The van der Waals surface area contributed by atoms with E-state index >= 15 is 0 Å². The fraction of sp³-hybridized carbons (Fsp3) is 0.409. The molecule has 0 spiro atoms. The number of carbonyl (C=O) groups is 1. The molecule has 0 bridgehead atoms. The molecule has 0 aromatic heterocycles. The van der Waals surface area contributed by atoms with Crippen LogP contribution in [0, 0.1) is 0 Å². The largest absolute Gasteiger partial charge is 0.479 e. The highest BCUT2D eigenvalue weighted by atomic mass is 16.4. The van der Waals surface area contributed by atoms with Crippen LogP contribution in [0.1, 0.15) is 51.9 Å². The molecule has 3 heteroatoms. The lowest BCUT2D eigenvalue weighted by atomic mass is 10.2. The van der Waals surface area contributed by atoms with Crippen molar-refractivity contribution in [1.82, 2.24) is 0 Å². The van der Waals surface area contributed by atoms with Crippen molar-refractivity contribution in [3.63, 3.8) is 0 Å². The Kier molecular flexibility index (Phi) is 16.7. The molecule has 1 unspecified atom stereocenters. The summed E-state index contributed by atoms with van der Waals surface area (Å²) in [6, 6.07) is 0. The average molecular weight is 344 g/mol. The van der Waals surface area contributed by atoms with Crippen LogP contribution in [0.25, 0.3) is 0 Å². The Morgan fingerprint density at radius 3 is 1.32 bits per heavy atom. The third-order valence-electron chi connectivity index (χ3n) is 3.24. The second-order valence-corrected chi connectivity index (χ2v) is 5.50. The third-order valence-corrected chi connectivity index (χ3v) is 3.24. The van der Waals surface area contributed by atoms with Crippen LogP contribution in [0.5, 0.6) is 0 Å². The molecule has 0 radical (unpaired) electrons. The lowest BCUT2D eigenvalue weighted by Crippen LogP contribution is -2.17. The van der Waals surface area contributed by atoms with Crippen molar-refractivity contribution < 1.29 is 15.0 Å². The number of allylic oxidation sites excluding steroid dienone is 11. The standard InChI is InChI=1S/C22H32O3/c1-2-3-4-5-6-7-8-9-10-11-12-13-14-15-16-17-18-19-20-21(23)22(24)25/h3-4,6-7,9-10,12-13,15-16,18-19,21,23H,2,5,8,11,14,17,20H2,1H3,(H,24,25). The fourth-order valence-corrected chi connectivity index (χ4v) is 1.85. The van der Waals surface area contributed by atoms with E-state index in [0.717, 1.165) is 38.5 Å². The molecule has 0 aliphatic rings. The summed E-state index contributed by atoms with van der Waals surface area (Å²) in [5, 5.41) is 17.6. The first-order valence-electron chi connectivity index (χ1n) is 8.99. The minimum atomic E-state index is -1.30. The highest BCUT2D eigenvalue weighted by Gasteiger charge is 2.09. The van der Waals surface area contributed by atoms with Gasteiger partial charge in [0.1, 0.15) is 0 Å². The van der Waals surface area contributed by atoms with Gasteiger partial charge in [-0.1, -0.05) is 79.8 Å². The summed E-state index contributed by atoms with van der Waals surface area (Å²) >= 11 is 0. The molecule has 0 saturated carbocycles. The maximum absolute atomic E-state index is 10.4. The van der Waals surface area contributed by atoms with Crippen molar-refractivity contribution in [3.05, 3.63) is 72.9 Å². The van der Waals surface area contributed by atoms with Crippen LogP contribution in [0.15, 0.2) is 72.9 Å². The second-order valence-electron chi connectivity index (χ2n) is 5.50. The minimum Gasteiger partial charge on any atom is -0.479 e. The molecule has 0 aromatic rings. The Hall–Kier alpha value is -2.13. The molecule has 0 aliphatic carbocycles. The maximum atomic E-state index is 10.4. The predicted molar refractivity (Wildman–Crippen MR) is 106 cm³/mol. The fourth-order valence-electron chi connectivity index (χ4n) is 1.85. The molecule has 0 rings (SSSR count). The molecule has 0 amide bonds. The quantitative estimate of drug-likeness (QED) is 0.408. The smallest absolute Gasteiger partial charge is 0.332 e. The van der Waals surface area contributed by atoms with Crippen molar-refractivity contribution in [2.45, 2.75) is 58.0 Å². The van der Waals surface area contributed by atoms with Gasteiger partial charge >= 0.3 is 5.97 Å². The van der Waals surface area contributed by atoms with E-state index < -0.39 is 12.1 Å². The maximum Gasteiger partial charge on any atom is 0.332 e. The van der Waals surface area contributed by atoms with Crippen molar-refractivity contribution >= 4 is 5.97 Å². The van der Waals surface area contributed by atoms with E-state index in [1.54, 1.807) is 6.08 Å². The molecule has 0 saturated heterocycles. The van der Waals surface area contributed by atoms with E-state index in [4.69, 9.17) is 10.2 Å². The molecule has 0 heterocycles. The summed E-state index contributed by atoms with van der Waals surface area (Å²) < 4.78 is 0. The molecule has 0 fully saturated rings. The average Bonchev–Trinajstić information content (AvgIpc) is 2.60. The summed E-state index contributed by atoms with van der Waals surface area (Å²) in [6.45, 7) is 2.14. The first-order valence-corrected chi connectivity index (χ1v) is 8.99. The van der Waals surface area contributed by atoms with Gasteiger partial charge in [-0.2, -0.15) is 0 Å². The van der Waals surface area contributed by atoms with Gasteiger partial charge in [-0.15, -0.1) is 0 Å². The van der Waals surface area contributed by atoms with Crippen molar-refractivity contribution in [2.75, 3.05) is 0 Å². The van der Waals surface area contributed by atoms with Gasteiger partial charge < -0.3 is 10.2 Å². The lowest BCUT2D eigenvalue weighted by molar-refractivity contribution is -0.146. The third kappa shape index (κ3) is 18.1. The second kappa shape index (κ2) is 18.2. The Morgan fingerprint density at radius 1 is 0.680 bits per heavy atom. The van der Waals surface area contributed by atoms with Crippen LogP contribution < -0.4 is 0 Å². The highest BCUT2D eigenvalue weighted by Crippen LogP contribution is 1.98. The molecule has 3 nitrogen and oxygen atoms in total. The monoisotopic (exact) mass is 344 g/mol. The molecule has 0 aromatic carbocycles. The Bertz CT molecular complexity index is 493. The molecule has 25 heavy (non-hydrogen) atoms. The van der Waals surface area contributed by atoms with Crippen LogP contribution in [-0.4, -0.2) is 22.3 Å². The van der Waals surface area contributed by atoms with Gasteiger partial charge in [0.2, 0.25) is 0 Å². The van der Waals surface area contributed by atoms with Gasteiger partial charge in [0, 0.05) is 6.42 Å². The van der Waals surface area contributed by atoms with Crippen molar-refractivity contribution in [2.24, 2.45) is 0 Å². The van der Waals surface area contributed by atoms with Gasteiger partial charge in [-0.05, 0) is 38.5 Å². The number of rotatable bonds is 14. The first-order chi connectivity index (χ1) is 12.2. The molecular formula is C22H32O3. The first kappa shape index (κ1) is 22.9. The van der Waals surface area contributed by atoms with Gasteiger partial charge in [0.05, 0.1) is 0 Å². The number of aliphatic carboxylic acids is 1. The molecule has 2 N–H and O–H groups in total. The predicted octanol–water partition coefficient (Wildman–Crippen LogP) is 5.52. The number of carboxylic acid groups (broad SMARTS) is 1. The molecule has 138 valence electrons. The van der Waals surface area contributed by atoms with E-state index in [1.165, 1.54) is 0 Å². The Balaban J connectivity index is 3.59. The van der Waals surface area contributed by atoms with Gasteiger partial charge in [-0.3, -0.25) is 0 Å². The number of carboxylic acids is 1. The van der Waals surface area contributed by atoms with E-state index in [9.17, 15) is 4.79 Å².